The zero-order valence-corrected chi connectivity index (χ0v) is 24.5. The molecule has 4 aromatic carbocycles. The lowest BCUT2D eigenvalue weighted by molar-refractivity contribution is -0.384. The number of halogens is 1. The number of rotatable bonds is 8. The molecule has 0 saturated carbocycles. The van der Waals surface area contributed by atoms with Gasteiger partial charge in [-0.2, -0.15) is 0 Å². The van der Waals surface area contributed by atoms with Crippen LogP contribution in [0.4, 0.5) is 15.2 Å². The number of fused-ring (bicyclic) bond motifs is 1. The van der Waals surface area contributed by atoms with E-state index in [0.29, 0.717) is 10.1 Å². The molecule has 1 amide bonds. The molecule has 1 aliphatic heterocycles. The number of ether oxygens (including phenoxy) is 1. The molecule has 6 rings (SSSR count). The van der Waals surface area contributed by atoms with Gasteiger partial charge in [0.25, 0.3) is 11.5 Å². The van der Waals surface area contributed by atoms with E-state index < -0.39 is 34.2 Å². The number of carbonyl (C=O) groups is 2. The van der Waals surface area contributed by atoms with Crippen molar-refractivity contribution in [2.75, 3.05) is 12.0 Å². The highest BCUT2D eigenvalue weighted by Gasteiger charge is 2.48. The third-order valence-electron chi connectivity index (χ3n) is 7.10. The van der Waals surface area contributed by atoms with E-state index in [9.17, 15) is 29.2 Å². The van der Waals surface area contributed by atoms with Crippen LogP contribution < -0.4 is 9.64 Å². The van der Waals surface area contributed by atoms with Crippen molar-refractivity contribution in [3.8, 4) is 5.75 Å². The van der Waals surface area contributed by atoms with Crippen molar-refractivity contribution in [3.05, 3.63) is 123 Å². The fourth-order valence-corrected chi connectivity index (χ4v) is 6.91. The number of nitro benzene ring substituents is 1. The van der Waals surface area contributed by atoms with Crippen LogP contribution in [0.5, 0.6) is 5.75 Å². The van der Waals surface area contributed by atoms with Crippen molar-refractivity contribution in [3.63, 3.8) is 0 Å². The molecule has 2 heterocycles. The number of hydrogen-bond donors (Lipinski definition) is 1. The van der Waals surface area contributed by atoms with Gasteiger partial charge in [-0.25, -0.2) is 4.39 Å². The van der Waals surface area contributed by atoms with E-state index in [4.69, 9.17) is 4.74 Å². The lowest BCUT2D eigenvalue weighted by Crippen LogP contribution is -2.29. The van der Waals surface area contributed by atoms with Crippen LogP contribution in [0.25, 0.3) is 16.5 Å². The van der Waals surface area contributed by atoms with Crippen LogP contribution in [-0.4, -0.2) is 39.0 Å². The monoisotopic (exact) mass is 628 g/mol. The topological polar surface area (TPSA) is 136 Å². The third kappa shape index (κ3) is 5.27. The smallest absolute Gasteiger partial charge is 0.301 e. The molecule has 1 N–H and O–H groups in total. The standard InChI is InChI=1S/C31H21FN4O6S2/c1-42-24-13-12-19(15-23(24)32)27(37)25-26(18-8-5-10-21(14-18)36(40)41)35(29(39)28(25)38)30-33-34-31(44-30)43-16-20-9-4-7-17-6-2-3-11-22(17)20/h2-15,26,37H,16H2,1H3/b27-25+. The van der Waals surface area contributed by atoms with Crippen molar-refractivity contribution < 1.29 is 28.7 Å². The van der Waals surface area contributed by atoms with Crippen molar-refractivity contribution >= 4 is 62.1 Å². The van der Waals surface area contributed by atoms with Gasteiger partial charge in [0.1, 0.15) is 5.76 Å². The third-order valence-corrected chi connectivity index (χ3v) is 9.20. The van der Waals surface area contributed by atoms with Crippen LogP contribution in [0.3, 0.4) is 0 Å². The summed E-state index contributed by atoms with van der Waals surface area (Å²) in [6.45, 7) is 0. The fraction of sp³-hybridized carbons (Fsp3) is 0.0968. The van der Waals surface area contributed by atoms with E-state index in [1.54, 1.807) is 0 Å². The maximum absolute atomic E-state index is 14.5. The van der Waals surface area contributed by atoms with Gasteiger partial charge in [0.2, 0.25) is 5.13 Å². The first-order valence-electron chi connectivity index (χ1n) is 13.1. The Morgan fingerprint density at radius 2 is 1.84 bits per heavy atom. The summed E-state index contributed by atoms with van der Waals surface area (Å²) < 4.78 is 20.0. The maximum Gasteiger partial charge on any atom is 0.301 e. The van der Waals surface area contributed by atoms with Gasteiger partial charge in [-0.3, -0.25) is 24.6 Å². The number of carbonyl (C=O) groups excluding carboxylic acids is 2. The molecule has 5 aromatic rings. The van der Waals surface area contributed by atoms with Crippen LogP contribution in [0.15, 0.2) is 94.8 Å². The minimum absolute atomic E-state index is 0.0592. The number of hydrogen-bond acceptors (Lipinski definition) is 10. The molecule has 1 aromatic heterocycles. The zero-order valence-electron chi connectivity index (χ0n) is 22.8. The highest BCUT2D eigenvalue weighted by atomic mass is 32.2. The molecule has 220 valence electrons. The zero-order chi connectivity index (χ0) is 31.0. The Labute approximate surface area is 257 Å². The molecule has 0 radical (unpaired) electrons. The quantitative estimate of drug-likeness (QED) is 0.0380. The number of non-ortho nitro benzene ring substituents is 1. The van der Waals surface area contributed by atoms with Crippen molar-refractivity contribution in [2.45, 2.75) is 16.1 Å². The van der Waals surface area contributed by atoms with E-state index >= 15 is 0 Å². The number of methoxy groups -OCH3 is 1. The van der Waals surface area contributed by atoms with Gasteiger partial charge in [-0.15, -0.1) is 10.2 Å². The van der Waals surface area contributed by atoms with Crippen molar-refractivity contribution in [1.82, 2.24) is 10.2 Å². The largest absolute Gasteiger partial charge is 0.507 e. The molecule has 1 saturated heterocycles. The number of nitrogens with zero attached hydrogens (tertiary/aromatic N) is 4. The lowest BCUT2D eigenvalue weighted by atomic mass is 9.95. The molecule has 0 bridgehead atoms. The summed E-state index contributed by atoms with van der Waals surface area (Å²) in [5.74, 6) is -3.05. The second-order valence-corrected chi connectivity index (χ2v) is 11.8. The number of nitro groups is 1. The summed E-state index contributed by atoms with van der Waals surface area (Å²) in [6.07, 6.45) is 0. The fourth-order valence-electron chi connectivity index (χ4n) is 5.04. The number of aliphatic hydroxyl groups is 1. The first-order valence-corrected chi connectivity index (χ1v) is 14.9. The summed E-state index contributed by atoms with van der Waals surface area (Å²) in [5.41, 5.74) is 0.510. The Kier molecular flexibility index (Phi) is 7.80. The average molecular weight is 629 g/mol. The Balaban J connectivity index is 1.40. The first-order chi connectivity index (χ1) is 21.3. The van der Waals surface area contributed by atoms with Gasteiger partial charge < -0.3 is 9.84 Å². The van der Waals surface area contributed by atoms with Crippen molar-refractivity contribution in [2.24, 2.45) is 0 Å². The molecule has 0 aliphatic carbocycles. The second-order valence-electron chi connectivity index (χ2n) is 9.65. The van der Waals surface area contributed by atoms with E-state index in [1.807, 2.05) is 42.5 Å². The SMILES string of the molecule is COc1ccc(/C(O)=C2\C(=O)C(=O)N(c3nnc(SCc4cccc5ccccc45)s3)C2c2cccc([N+](=O)[O-])c2)cc1F. The highest BCUT2D eigenvalue weighted by Crippen LogP contribution is 2.45. The number of Topliss-reactive ketones (excluding diaryl/α,β-unsaturated/α-hetero) is 1. The van der Waals surface area contributed by atoms with Crippen molar-refractivity contribution in [1.29, 1.82) is 0 Å². The number of aliphatic hydroxyl groups excluding tert-OH is 1. The van der Waals surface area contributed by atoms with Crippen LogP contribution in [-0.2, 0) is 15.3 Å². The van der Waals surface area contributed by atoms with Crippen LogP contribution in [0, 0.1) is 15.9 Å². The predicted octanol–water partition coefficient (Wildman–Crippen LogP) is 6.67. The molecule has 1 unspecified atom stereocenters. The molecule has 0 spiro atoms. The number of thioether (sulfide) groups is 1. The summed E-state index contributed by atoms with van der Waals surface area (Å²) in [5, 5.41) is 33.5. The molecule has 44 heavy (non-hydrogen) atoms. The Bertz CT molecular complexity index is 1990. The summed E-state index contributed by atoms with van der Waals surface area (Å²) in [4.78, 5) is 39.0. The van der Waals surface area contributed by atoms with E-state index in [1.165, 1.54) is 55.3 Å². The number of amides is 1. The number of ketones is 1. The summed E-state index contributed by atoms with van der Waals surface area (Å²) >= 11 is 2.47. The molecule has 1 aliphatic rings. The summed E-state index contributed by atoms with van der Waals surface area (Å²) in [6, 6.07) is 21.7. The van der Waals surface area contributed by atoms with Gasteiger partial charge in [0.05, 0.1) is 23.6 Å². The Hall–Kier alpha value is -5.14. The maximum atomic E-state index is 14.5. The van der Waals surface area contributed by atoms with Gasteiger partial charge in [-0.1, -0.05) is 77.7 Å². The van der Waals surface area contributed by atoms with E-state index in [2.05, 4.69) is 10.2 Å². The minimum Gasteiger partial charge on any atom is -0.507 e. The number of benzene rings is 4. The highest BCUT2D eigenvalue weighted by molar-refractivity contribution is 8.00. The van der Waals surface area contributed by atoms with E-state index in [-0.39, 0.29) is 33.3 Å². The first kappa shape index (κ1) is 29.0. The van der Waals surface area contributed by atoms with Gasteiger partial charge >= 0.3 is 5.91 Å². The predicted molar refractivity (Wildman–Crippen MR) is 164 cm³/mol. The normalized spacial score (nSPS) is 16.0. The van der Waals surface area contributed by atoms with E-state index in [0.717, 1.165) is 38.6 Å². The minimum atomic E-state index is -1.30. The van der Waals surface area contributed by atoms with Gasteiger partial charge in [0, 0.05) is 23.4 Å². The summed E-state index contributed by atoms with van der Waals surface area (Å²) in [7, 11) is 1.28. The van der Waals surface area contributed by atoms with Crippen LogP contribution in [0.2, 0.25) is 0 Å². The molecule has 1 atom stereocenters. The van der Waals surface area contributed by atoms with Crippen LogP contribution >= 0.6 is 23.1 Å². The lowest BCUT2D eigenvalue weighted by Gasteiger charge is -2.22. The van der Waals surface area contributed by atoms with Gasteiger partial charge in [0.15, 0.2) is 15.9 Å². The molecule has 13 heteroatoms. The Morgan fingerprint density at radius 3 is 2.61 bits per heavy atom. The number of aromatic nitrogens is 2. The Morgan fingerprint density at radius 1 is 1.07 bits per heavy atom. The molecule has 1 fully saturated rings. The molecule has 10 nitrogen and oxygen atoms in total. The van der Waals surface area contributed by atoms with Crippen LogP contribution in [0.1, 0.15) is 22.7 Å². The molecular weight excluding hydrogens is 607 g/mol. The number of anilines is 1. The second kappa shape index (κ2) is 11.9. The molecular formula is C31H21FN4O6S2. The average Bonchev–Trinajstić information content (AvgIpc) is 3.61. The van der Waals surface area contributed by atoms with Gasteiger partial charge in [-0.05, 0) is 40.1 Å².